The maximum Gasteiger partial charge on any atom is 0.416 e. The van der Waals surface area contributed by atoms with E-state index in [4.69, 9.17) is 4.74 Å². The first kappa shape index (κ1) is 18.3. The van der Waals surface area contributed by atoms with E-state index in [2.05, 4.69) is 5.32 Å². The summed E-state index contributed by atoms with van der Waals surface area (Å²) in [7, 11) is 0. The van der Waals surface area contributed by atoms with Crippen LogP contribution < -0.4 is 5.32 Å². The van der Waals surface area contributed by atoms with Crippen molar-refractivity contribution >= 4 is 17.6 Å². The zero-order valence-corrected chi connectivity index (χ0v) is 13.0. The Morgan fingerprint density at radius 2 is 1.68 bits per heavy atom. The van der Waals surface area contributed by atoms with Gasteiger partial charge in [0.1, 0.15) is 11.3 Å². The zero-order chi connectivity index (χ0) is 18.6. The highest BCUT2D eigenvalue weighted by Crippen LogP contribution is 2.29. The van der Waals surface area contributed by atoms with Gasteiger partial charge in [0, 0.05) is 5.69 Å². The molecule has 0 fully saturated rings. The van der Waals surface area contributed by atoms with Gasteiger partial charge in [0.2, 0.25) is 0 Å². The fourth-order valence-corrected chi connectivity index (χ4v) is 1.91. The van der Waals surface area contributed by atoms with Crippen LogP contribution in [0, 0.1) is 0 Å². The molecule has 25 heavy (non-hydrogen) atoms. The summed E-state index contributed by atoms with van der Waals surface area (Å²) in [6.45, 7) is 1.30. The van der Waals surface area contributed by atoms with Crippen molar-refractivity contribution < 1.29 is 32.6 Å². The molecule has 0 aromatic heterocycles. The second-order valence-corrected chi connectivity index (χ2v) is 5.13. The Morgan fingerprint density at radius 1 is 1.08 bits per heavy atom. The molecule has 0 aliphatic rings. The first-order valence-electron chi connectivity index (χ1n) is 7.15. The molecule has 8 heteroatoms. The van der Waals surface area contributed by atoms with E-state index in [1.807, 2.05) is 0 Å². The zero-order valence-electron chi connectivity index (χ0n) is 13.0. The molecule has 0 saturated carbocycles. The number of amides is 1. The van der Waals surface area contributed by atoms with Crippen LogP contribution in [0.3, 0.4) is 0 Å². The summed E-state index contributed by atoms with van der Waals surface area (Å²) in [5, 5.41) is 11.9. The predicted octanol–water partition coefficient (Wildman–Crippen LogP) is 3.60. The summed E-state index contributed by atoms with van der Waals surface area (Å²) in [6, 6.07) is 9.51. The van der Waals surface area contributed by atoms with Gasteiger partial charge in [-0.15, -0.1) is 0 Å². The first-order chi connectivity index (χ1) is 11.7. The fraction of sp³-hybridized carbons (Fsp3) is 0.176. The fourth-order valence-electron chi connectivity index (χ4n) is 1.91. The molecule has 132 valence electrons. The van der Waals surface area contributed by atoms with Crippen LogP contribution in [0.1, 0.15) is 22.8 Å². The molecule has 2 aromatic carbocycles. The van der Waals surface area contributed by atoms with Crippen molar-refractivity contribution in [2.24, 2.45) is 0 Å². The highest BCUT2D eigenvalue weighted by atomic mass is 19.4. The number of rotatable bonds is 4. The van der Waals surface area contributed by atoms with E-state index in [1.165, 1.54) is 31.2 Å². The van der Waals surface area contributed by atoms with Crippen molar-refractivity contribution in [1.82, 2.24) is 0 Å². The van der Waals surface area contributed by atoms with E-state index < -0.39 is 29.7 Å². The quantitative estimate of drug-likeness (QED) is 0.824. The molecule has 0 aliphatic carbocycles. The van der Waals surface area contributed by atoms with E-state index in [1.54, 1.807) is 0 Å². The molecule has 2 rings (SSSR count). The number of benzene rings is 2. The Labute approximate surface area is 141 Å². The Kier molecular flexibility index (Phi) is 5.31. The number of anilines is 1. The van der Waals surface area contributed by atoms with Crippen LogP contribution in [0.5, 0.6) is 5.75 Å². The van der Waals surface area contributed by atoms with Crippen molar-refractivity contribution in [2.45, 2.75) is 19.2 Å². The number of phenolic OH excluding ortho intramolecular Hbond substituents is 1. The maximum atomic E-state index is 12.5. The Morgan fingerprint density at radius 3 is 2.24 bits per heavy atom. The lowest BCUT2D eigenvalue weighted by atomic mass is 10.2. The summed E-state index contributed by atoms with van der Waals surface area (Å²) >= 11 is 0. The smallest absolute Gasteiger partial charge is 0.416 e. The van der Waals surface area contributed by atoms with Gasteiger partial charge in [0.05, 0.1) is 5.56 Å². The van der Waals surface area contributed by atoms with Crippen LogP contribution in [0.25, 0.3) is 0 Å². The average molecular weight is 353 g/mol. The lowest BCUT2D eigenvalue weighted by Crippen LogP contribution is -2.30. The number of alkyl halides is 3. The van der Waals surface area contributed by atoms with Crippen LogP contribution in [-0.4, -0.2) is 23.1 Å². The number of carbonyl (C=O) groups is 2. The number of esters is 1. The SMILES string of the molecule is CC(OC(=O)c1ccccc1O)C(=O)Nc1ccc(C(F)(F)F)cc1. The number of halogens is 3. The molecule has 2 aromatic rings. The summed E-state index contributed by atoms with van der Waals surface area (Å²) < 4.78 is 42.4. The van der Waals surface area contributed by atoms with Crippen LogP contribution in [0.15, 0.2) is 48.5 Å². The summed E-state index contributed by atoms with van der Waals surface area (Å²) in [5.41, 5.74) is -0.815. The van der Waals surface area contributed by atoms with E-state index in [0.29, 0.717) is 0 Å². The molecule has 0 aliphatic heterocycles. The van der Waals surface area contributed by atoms with Gasteiger partial charge in [-0.1, -0.05) is 12.1 Å². The minimum Gasteiger partial charge on any atom is -0.507 e. The molecule has 0 saturated heterocycles. The number of aromatic hydroxyl groups is 1. The van der Waals surface area contributed by atoms with Crippen LogP contribution in [-0.2, 0) is 15.7 Å². The molecular formula is C17H14F3NO4. The number of para-hydroxylation sites is 1. The molecule has 1 unspecified atom stereocenters. The first-order valence-corrected chi connectivity index (χ1v) is 7.15. The van der Waals surface area contributed by atoms with Gasteiger partial charge in [-0.2, -0.15) is 13.2 Å². The lowest BCUT2D eigenvalue weighted by molar-refractivity contribution is -0.137. The summed E-state index contributed by atoms with van der Waals surface area (Å²) in [5.74, 6) is -1.90. The van der Waals surface area contributed by atoms with Crippen molar-refractivity contribution in [2.75, 3.05) is 5.32 Å². The largest absolute Gasteiger partial charge is 0.507 e. The van der Waals surface area contributed by atoms with Gasteiger partial charge in [0.25, 0.3) is 5.91 Å². The molecule has 0 radical (unpaired) electrons. The minimum atomic E-state index is -4.47. The highest BCUT2D eigenvalue weighted by molar-refractivity contribution is 5.98. The Bertz CT molecular complexity index is 772. The standard InChI is InChI=1S/C17H14F3NO4/c1-10(25-16(24)13-4-2-3-5-14(13)22)15(23)21-12-8-6-11(7-9-12)17(18,19)20/h2-10,22H,1H3,(H,21,23). The second-order valence-electron chi connectivity index (χ2n) is 5.13. The topological polar surface area (TPSA) is 75.6 Å². The number of ether oxygens (including phenoxy) is 1. The van der Waals surface area contributed by atoms with Crippen molar-refractivity contribution in [3.05, 3.63) is 59.7 Å². The molecule has 0 heterocycles. The van der Waals surface area contributed by atoms with E-state index in [0.717, 1.165) is 24.3 Å². The second kappa shape index (κ2) is 7.25. The van der Waals surface area contributed by atoms with Crippen molar-refractivity contribution in [1.29, 1.82) is 0 Å². The third-order valence-electron chi connectivity index (χ3n) is 3.26. The van der Waals surface area contributed by atoms with Crippen molar-refractivity contribution in [3.8, 4) is 5.75 Å². The van der Waals surface area contributed by atoms with Gasteiger partial charge in [-0.25, -0.2) is 4.79 Å². The Balaban J connectivity index is 1.98. The predicted molar refractivity (Wildman–Crippen MR) is 83.1 cm³/mol. The molecule has 1 atom stereocenters. The summed E-state index contributed by atoms with van der Waals surface area (Å²) in [4.78, 5) is 23.9. The molecule has 0 bridgehead atoms. The average Bonchev–Trinajstić information content (AvgIpc) is 2.54. The number of nitrogens with one attached hydrogen (secondary N) is 1. The third kappa shape index (κ3) is 4.72. The minimum absolute atomic E-state index is 0.100. The Hall–Kier alpha value is -3.03. The normalized spacial score (nSPS) is 12.3. The van der Waals surface area contributed by atoms with Crippen LogP contribution in [0.4, 0.5) is 18.9 Å². The monoisotopic (exact) mass is 353 g/mol. The van der Waals surface area contributed by atoms with Gasteiger partial charge < -0.3 is 15.2 Å². The van der Waals surface area contributed by atoms with Gasteiger partial charge in [-0.3, -0.25) is 4.79 Å². The van der Waals surface area contributed by atoms with Gasteiger partial charge in [0.15, 0.2) is 6.10 Å². The highest BCUT2D eigenvalue weighted by Gasteiger charge is 2.30. The molecule has 1 amide bonds. The molecule has 2 N–H and O–H groups in total. The molecule has 5 nitrogen and oxygen atoms in total. The lowest BCUT2D eigenvalue weighted by Gasteiger charge is -2.14. The maximum absolute atomic E-state index is 12.5. The van der Waals surface area contributed by atoms with E-state index >= 15 is 0 Å². The van der Waals surface area contributed by atoms with Crippen molar-refractivity contribution in [3.63, 3.8) is 0 Å². The van der Waals surface area contributed by atoms with Crippen LogP contribution in [0.2, 0.25) is 0 Å². The molecular weight excluding hydrogens is 339 g/mol. The number of hydrogen-bond donors (Lipinski definition) is 2. The van der Waals surface area contributed by atoms with E-state index in [-0.39, 0.29) is 17.0 Å². The van der Waals surface area contributed by atoms with Gasteiger partial charge >= 0.3 is 12.1 Å². The number of phenols is 1. The molecule has 0 spiro atoms. The number of carbonyl (C=O) groups excluding carboxylic acids is 2. The van der Waals surface area contributed by atoms with Crippen LogP contribution >= 0.6 is 0 Å². The van der Waals surface area contributed by atoms with E-state index in [9.17, 15) is 27.9 Å². The summed E-state index contributed by atoms with van der Waals surface area (Å²) in [6.07, 6.45) is -5.68. The van der Waals surface area contributed by atoms with Gasteiger partial charge in [-0.05, 0) is 43.3 Å². The third-order valence-corrected chi connectivity index (χ3v) is 3.26. The number of hydrogen-bond acceptors (Lipinski definition) is 4.